The Bertz CT molecular complexity index is 6470. The fourth-order valence-electron chi connectivity index (χ4n) is 14.1. The van der Waals surface area contributed by atoms with Crippen molar-refractivity contribution in [2.75, 3.05) is 0 Å². The van der Waals surface area contributed by atoms with Gasteiger partial charge in [0.1, 0.15) is 0 Å². The summed E-state index contributed by atoms with van der Waals surface area (Å²) in [5.74, 6) is 1.09. The summed E-state index contributed by atoms with van der Waals surface area (Å²) in [6, 6.07) is 104. The van der Waals surface area contributed by atoms with Gasteiger partial charge in [-0.15, -0.1) is 0 Å². The predicted molar refractivity (Wildman–Crippen MR) is 400 cm³/mol. The maximum atomic E-state index is 10.8. The summed E-state index contributed by atoms with van der Waals surface area (Å²) >= 11 is 0. The van der Waals surface area contributed by atoms with E-state index >= 15 is 0 Å². The molecule has 14 nitrogen and oxygen atoms in total. The molecule has 0 amide bonds. The van der Waals surface area contributed by atoms with Crippen molar-refractivity contribution in [3.05, 3.63) is 317 Å². The summed E-state index contributed by atoms with van der Waals surface area (Å²) in [5.41, 5.74) is 17.5. The molecule has 0 atom stereocenters. The summed E-state index contributed by atoms with van der Waals surface area (Å²) < 4.78 is 4.37. The second kappa shape index (κ2) is 26.0. The van der Waals surface area contributed by atoms with Gasteiger partial charge in [-0.3, -0.25) is 0 Å². The highest BCUT2D eigenvalue weighted by Gasteiger charge is 2.28. The number of hydrogen-bond donors (Lipinski definition) is 0. The van der Waals surface area contributed by atoms with Gasteiger partial charge in [-0.1, -0.05) is 146 Å². The van der Waals surface area contributed by atoms with E-state index in [2.05, 4.69) is 75.9 Å². The Kier molecular flexibility index (Phi) is 15.7. The molecule has 0 saturated heterocycles. The molecule has 474 valence electrons. The van der Waals surface area contributed by atoms with E-state index in [1.165, 1.54) is 0 Å². The lowest BCUT2D eigenvalue weighted by molar-refractivity contribution is 1.06. The van der Waals surface area contributed by atoms with Crippen LogP contribution in [0.2, 0.25) is 0 Å². The molecule has 0 unspecified atom stereocenters. The van der Waals surface area contributed by atoms with Crippen molar-refractivity contribution in [1.82, 2.24) is 24.1 Å². The van der Waals surface area contributed by atoms with E-state index in [0.717, 1.165) is 60.3 Å². The topological polar surface area (TPSA) is 263 Å². The Morgan fingerprint density at radius 1 is 0.212 bits per heavy atom. The zero-order valence-electron chi connectivity index (χ0n) is 54.7. The van der Waals surface area contributed by atoms with Crippen molar-refractivity contribution >= 4 is 43.6 Å². The summed E-state index contributed by atoms with van der Waals surface area (Å²) in [5, 5.41) is 96.1. The van der Waals surface area contributed by atoms with Crippen LogP contribution in [0, 0.1) is 102 Å². The quantitative estimate of drug-likeness (QED) is 0.117. The molecular formula is C90H44N14. The average Bonchev–Trinajstić information content (AvgIpc) is 1.56. The van der Waals surface area contributed by atoms with Gasteiger partial charge in [-0.25, -0.2) is 15.0 Å². The molecule has 0 aliphatic rings. The molecular weight excluding hydrogens is 1280 g/mol. The molecule has 0 bridgehead atoms. The van der Waals surface area contributed by atoms with Gasteiger partial charge < -0.3 is 9.13 Å². The predicted octanol–water partition coefficient (Wildman–Crippen LogP) is 19.9. The molecule has 13 aromatic carbocycles. The molecule has 0 aliphatic heterocycles. The van der Waals surface area contributed by atoms with Crippen LogP contribution in [0.4, 0.5) is 0 Å². The van der Waals surface area contributed by atoms with Gasteiger partial charge >= 0.3 is 0 Å². The molecule has 16 rings (SSSR count). The summed E-state index contributed by atoms with van der Waals surface area (Å²) in [6.45, 7) is 0. The molecule has 3 heterocycles. The first-order valence-corrected chi connectivity index (χ1v) is 32.7. The molecule has 0 aliphatic carbocycles. The van der Waals surface area contributed by atoms with Crippen LogP contribution >= 0.6 is 0 Å². The average molecular weight is 1320 g/mol. The summed E-state index contributed by atoms with van der Waals surface area (Å²) in [7, 11) is 0. The molecule has 14 heteroatoms. The number of fused-ring (bicyclic) bond motifs is 6. The second-order valence-electron chi connectivity index (χ2n) is 24.7. The van der Waals surface area contributed by atoms with Crippen molar-refractivity contribution in [1.29, 1.82) is 47.4 Å². The minimum absolute atomic E-state index is 0.302. The third kappa shape index (κ3) is 10.8. The van der Waals surface area contributed by atoms with Crippen LogP contribution in [-0.4, -0.2) is 24.1 Å². The van der Waals surface area contributed by atoms with Gasteiger partial charge in [0.25, 0.3) is 0 Å². The minimum atomic E-state index is 0.302. The minimum Gasteiger partial charge on any atom is -0.309 e. The van der Waals surface area contributed by atoms with Crippen LogP contribution in [-0.2, 0) is 0 Å². The number of nitriles is 9. The first kappa shape index (κ1) is 62.7. The van der Waals surface area contributed by atoms with Crippen LogP contribution < -0.4 is 0 Å². The fourth-order valence-corrected chi connectivity index (χ4v) is 14.1. The van der Waals surface area contributed by atoms with Gasteiger partial charge in [0, 0.05) is 38.2 Å². The SMILES string of the molecule is N#Cc1ccc(-c2ccc3c(c2)c2cc(-c4ccc(C#N)cc4C#N)ccc2n3-c2ccc(-c3ccccc3C#N)cc2-c2cccc(-n3c4ccc(-c5ccc(C#N)cc5C#N)cc4c4cc(-c5ccc(C#N)cc5C#N)ccc43)c2-c2nc(-c3ccccc3)nc(-c3ccccc3)n2)c(C#N)c1. The van der Waals surface area contributed by atoms with Gasteiger partial charge in [0.05, 0.1) is 144 Å². The van der Waals surface area contributed by atoms with E-state index in [0.29, 0.717) is 146 Å². The van der Waals surface area contributed by atoms with E-state index < -0.39 is 0 Å². The third-order valence-electron chi connectivity index (χ3n) is 18.9. The van der Waals surface area contributed by atoms with Crippen molar-refractivity contribution in [3.63, 3.8) is 0 Å². The Morgan fingerprint density at radius 3 is 0.923 bits per heavy atom. The van der Waals surface area contributed by atoms with Gasteiger partial charge in [-0.2, -0.15) is 47.4 Å². The third-order valence-corrected chi connectivity index (χ3v) is 18.9. The Hall–Kier alpha value is -16.1. The lowest BCUT2D eigenvalue weighted by atomic mass is 9.91. The van der Waals surface area contributed by atoms with E-state index in [-0.39, 0.29) is 0 Å². The van der Waals surface area contributed by atoms with Crippen molar-refractivity contribution in [2.45, 2.75) is 0 Å². The van der Waals surface area contributed by atoms with Crippen molar-refractivity contribution < 1.29 is 0 Å². The van der Waals surface area contributed by atoms with Crippen LogP contribution in [0.1, 0.15) is 50.1 Å². The molecule has 0 fully saturated rings. The highest BCUT2D eigenvalue weighted by atomic mass is 15.1. The van der Waals surface area contributed by atoms with Crippen LogP contribution in [0.5, 0.6) is 0 Å². The van der Waals surface area contributed by atoms with Crippen LogP contribution in [0.3, 0.4) is 0 Å². The van der Waals surface area contributed by atoms with Crippen molar-refractivity contribution in [2.24, 2.45) is 0 Å². The molecule has 16 aromatic rings. The van der Waals surface area contributed by atoms with Gasteiger partial charge in [-0.05, 0) is 183 Å². The molecule has 0 saturated carbocycles. The van der Waals surface area contributed by atoms with E-state index in [1.54, 1.807) is 78.9 Å². The first-order valence-electron chi connectivity index (χ1n) is 32.7. The zero-order chi connectivity index (χ0) is 71.1. The Balaban J connectivity index is 1.05. The molecule has 0 N–H and O–H groups in total. The maximum Gasteiger partial charge on any atom is 0.166 e. The van der Waals surface area contributed by atoms with Crippen molar-refractivity contribution in [3.8, 4) is 167 Å². The lowest BCUT2D eigenvalue weighted by Crippen LogP contribution is -2.06. The first-order chi connectivity index (χ1) is 51.1. The smallest absolute Gasteiger partial charge is 0.166 e. The largest absolute Gasteiger partial charge is 0.309 e. The van der Waals surface area contributed by atoms with E-state index in [9.17, 15) is 47.4 Å². The summed E-state index contributed by atoms with van der Waals surface area (Å²) in [4.78, 5) is 16.3. The molecule has 3 aromatic heterocycles. The monoisotopic (exact) mass is 1320 g/mol. The van der Waals surface area contributed by atoms with Crippen LogP contribution in [0.15, 0.2) is 267 Å². The second-order valence-corrected chi connectivity index (χ2v) is 24.7. The summed E-state index contributed by atoms with van der Waals surface area (Å²) in [6.07, 6.45) is 0. The Morgan fingerprint density at radius 2 is 0.538 bits per heavy atom. The molecule has 104 heavy (non-hydrogen) atoms. The highest BCUT2D eigenvalue weighted by Crippen LogP contribution is 2.48. The van der Waals surface area contributed by atoms with Crippen LogP contribution in [0.25, 0.3) is 156 Å². The van der Waals surface area contributed by atoms with Gasteiger partial charge in [0.15, 0.2) is 17.5 Å². The van der Waals surface area contributed by atoms with E-state index in [1.807, 2.05) is 176 Å². The van der Waals surface area contributed by atoms with E-state index in [4.69, 9.17) is 15.0 Å². The maximum absolute atomic E-state index is 10.8. The number of hydrogen-bond acceptors (Lipinski definition) is 12. The molecule has 0 spiro atoms. The lowest BCUT2D eigenvalue weighted by Gasteiger charge is -2.22. The number of rotatable bonds is 11. The number of benzene rings is 13. The normalized spacial score (nSPS) is 10.8. The Labute approximate surface area is 595 Å². The highest BCUT2D eigenvalue weighted by molar-refractivity contribution is 6.15. The zero-order valence-corrected chi connectivity index (χ0v) is 54.7. The fraction of sp³-hybridized carbons (Fsp3) is 0. The number of nitrogens with zero attached hydrogens (tertiary/aromatic N) is 14. The standard InChI is InChI=1S/C90H44N14/c91-45-54-18-27-71(66(36-54)50-96)61-23-32-82-77(41-61)78-42-62(72-28-19-55(46-92)37-67(72)51-97)24-33-83(78)103(82)81-31-22-60(70-15-8-7-14-65(70)49-95)40-76(81)75-16-9-17-86(87(75)90-101-88(58-10-3-1-4-11-58)100-89(102-90)59-12-5-2-6-13-59)104-84-34-25-63(73-29-20-56(47-93)38-68(73)52-98)43-79(84)80-44-64(26-35-85(80)104)74-30-21-57(48-94)39-69(74)53-99/h1-44H. The molecule has 0 radical (unpaired) electrons. The van der Waals surface area contributed by atoms with Gasteiger partial charge in [0.2, 0.25) is 0 Å². The number of aromatic nitrogens is 5.